The van der Waals surface area contributed by atoms with Crippen LogP contribution in [0.15, 0.2) is 12.1 Å². The standard InChI is InChI=1S/C19H30O/c1-5-19(10-8-14(2)9-11-19)12-17-15(3)6-7-16(4)18(17)13-20/h6-7,14,20H,5,8-13H2,1-4H3. The Kier molecular flexibility index (Phi) is 4.90. The summed E-state index contributed by atoms with van der Waals surface area (Å²) in [6, 6.07) is 4.37. The van der Waals surface area contributed by atoms with Gasteiger partial charge >= 0.3 is 0 Å². The van der Waals surface area contributed by atoms with Gasteiger partial charge in [-0.25, -0.2) is 0 Å². The van der Waals surface area contributed by atoms with Crippen LogP contribution in [0, 0.1) is 25.2 Å². The van der Waals surface area contributed by atoms with Gasteiger partial charge in [0.2, 0.25) is 0 Å². The highest BCUT2D eigenvalue weighted by Crippen LogP contribution is 2.44. The lowest BCUT2D eigenvalue weighted by atomic mass is 9.65. The van der Waals surface area contributed by atoms with Gasteiger partial charge in [-0.1, -0.05) is 45.2 Å². The lowest BCUT2D eigenvalue weighted by Crippen LogP contribution is -2.29. The number of hydrogen-bond donors (Lipinski definition) is 1. The molecule has 0 aromatic heterocycles. The van der Waals surface area contributed by atoms with E-state index in [4.69, 9.17) is 0 Å². The lowest BCUT2D eigenvalue weighted by molar-refractivity contribution is 0.147. The van der Waals surface area contributed by atoms with Crippen LogP contribution < -0.4 is 0 Å². The van der Waals surface area contributed by atoms with Crippen molar-refractivity contribution in [2.45, 2.75) is 72.8 Å². The largest absolute Gasteiger partial charge is 0.392 e. The topological polar surface area (TPSA) is 20.2 Å². The number of aryl methyl sites for hydroxylation is 2. The molecule has 1 heteroatoms. The monoisotopic (exact) mass is 274 g/mol. The first-order chi connectivity index (χ1) is 9.51. The second-order valence-electron chi connectivity index (χ2n) is 7.03. The summed E-state index contributed by atoms with van der Waals surface area (Å²) in [5.41, 5.74) is 5.66. The molecule has 0 spiro atoms. The average Bonchev–Trinajstić information content (AvgIpc) is 2.46. The summed E-state index contributed by atoms with van der Waals surface area (Å²) in [4.78, 5) is 0. The van der Waals surface area contributed by atoms with Gasteiger partial charge in [-0.3, -0.25) is 0 Å². The molecule has 0 unspecified atom stereocenters. The van der Waals surface area contributed by atoms with Gasteiger partial charge in [0.15, 0.2) is 0 Å². The van der Waals surface area contributed by atoms with Gasteiger partial charge in [-0.15, -0.1) is 0 Å². The van der Waals surface area contributed by atoms with Crippen molar-refractivity contribution in [1.82, 2.24) is 0 Å². The molecule has 112 valence electrons. The molecule has 0 bridgehead atoms. The molecule has 0 heterocycles. The predicted octanol–water partition coefficient (Wildman–Crippen LogP) is 4.94. The molecule has 1 saturated carbocycles. The minimum atomic E-state index is 0.180. The predicted molar refractivity (Wildman–Crippen MR) is 85.9 cm³/mol. The Hall–Kier alpha value is -0.820. The Balaban J connectivity index is 2.30. The first-order valence-corrected chi connectivity index (χ1v) is 8.20. The Morgan fingerprint density at radius 1 is 1.10 bits per heavy atom. The van der Waals surface area contributed by atoms with E-state index in [0.29, 0.717) is 5.41 Å². The third-order valence-corrected chi connectivity index (χ3v) is 5.69. The summed E-state index contributed by atoms with van der Waals surface area (Å²) in [5.74, 6) is 0.894. The molecular weight excluding hydrogens is 244 g/mol. The zero-order valence-electron chi connectivity index (χ0n) is 13.6. The molecule has 0 aliphatic heterocycles. The summed E-state index contributed by atoms with van der Waals surface area (Å²) in [5, 5.41) is 9.75. The highest BCUT2D eigenvalue weighted by atomic mass is 16.3. The fraction of sp³-hybridized carbons (Fsp3) is 0.684. The zero-order valence-corrected chi connectivity index (χ0v) is 13.6. The quantitative estimate of drug-likeness (QED) is 0.824. The number of hydrogen-bond acceptors (Lipinski definition) is 1. The van der Waals surface area contributed by atoms with Crippen LogP contribution in [0.1, 0.15) is 68.2 Å². The van der Waals surface area contributed by atoms with Crippen LogP contribution in [0.4, 0.5) is 0 Å². The van der Waals surface area contributed by atoms with E-state index >= 15 is 0 Å². The van der Waals surface area contributed by atoms with Crippen molar-refractivity contribution in [1.29, 1.82) is 0 Å². The second kappa shape index (κ2) is 6.30. The number of aliphatic hydroxyl groups excluding tert-OH is 1. The van der Waals surface area contributed by atoms with Gasteiger partial charge in [-0.05, 0) is 66.7 Å². The molecule has 20 heavy (non-hydrogen) atoms. The van der Waals surface area contributed by atoms with E-state index < -0.39 is 0 Å². The smallest absolute Gasteiger partial charge is 0.0687 e. The average molecular weight is 274 g/mol. The summed E-state index contributed by atoms with van der Waals surface area (Å²) < 4.78 is 0. The molecule has 1 N–H and O–H groups in total. The van der Waals surface area contributed by atoms with E-state index in [9.17, 15) is 5.11 Å². The molecule has 0 radical (unpaired) electrons. The van der Waals surface area contributed by atoms with E-state index in [1.165, 1.54) is 54.4 Å². The van der Waals surface area contributed by atoms with Gasteiger partial charge in [0.05, 0.1) is 6.61 Å². The molecule has 1 aliphatic carbocycles. The van der Waals surface area contributed by atoms with Crippen LogP contribution in [0.2, 0.25) is 0 Å². The van der Waals surface area contributed by atoms with Crippen molar-refractivity contribution in [3.8, 4) is 0 Å². The van der Waals surface area contributed by atoms with Crippen molar-refractivity contribution in [3.05, 3.63) is 34.4 Å². The maximum atomic E-state index is 9.75. The zero-order chi connectivity index (χ0) is 14.8. The van der Waals surface area contributed by atoms with Crippen LogP contribution in [0.25, 0.3) is 0 Å². The SMILES string of the molecule is CCC1(Cc2c(C)ccc(C)c2CO)CCC(C)CC1. The maximum absolute atomic E-state index is 9.75. The summed E-state index contributed by atoms with van der Waals surface area (Å²) >= 11 is 0. The fourth-order valence-corrected chi connectivity index (χ4v) is 3.80. The highest BCUT2D eigenvalue weighted by molar-refractivity contribution is 5.40. The van der Waals surface area contributed by atoms with Crippen LogP contribution in [0.5, 0.6) is 0 Å². The molecule has 1 aromatic carbocycles. The minimum Gasteiger partial charge on any atom is -0.392 e. The van der Waals surface area contributed by atoms with E-state index in [2.05, 4.69) is 39.8 Å². The van der Waals surface area contributed by atoms with Crippen molar-refractivity contribution in [2.24, 2.45) is 11.3 Å². The Morgan fingerprint density at radius 2 is 1.65 bits per heavy atom. The maximum Gasteiger partial charge on any atom is 0.0687 e. The number of benzene rings is 1. The van der Waals surface area contributed by atoms with Crippen molar-refractivity contribution < 1.29 is 5.11 Å². The minimum absolute atomic E-state index is 0.180. The van der Waals surface area contributed by atoms with E-state index in [0.717, 1.165) is 12.3 Å². The first kappa shape index (κ1) is 15.6. The van der Waals surface area contributed by atoms with Crippen LogP contribution in [-0.4, -0.2) is 5.11 Å². The summed E-state index contributed by atoms with van der Waals surface area (Å²) in [6.07, 6.45) is 7.85. The van der Waals surface area contributed by atoms with Gasteiger partial charge in [-0.2, -0.15) is 0 Å². The van der Waals surface area contributed by atoms with Crippen molar-refractivity contribution >= 4 is 0 Å². The molecule has 0 atom stereocenters. The molecule has 0 amide bonds. The molecule has 1 aromatic rings. The van der Waals surface area contributed by atoms with Crippen LogP contribution in [-0.2, 0) is 13.0 Å². The van der Waals surface area contributed by atoms with Gasteiger partial charge in [0.1, 0.15) is 0 Å². The fourth-order valence-electron chi connectivity index (χ4n) is 3.80. The van der Waals surface area contributed by atoms with Gasteiger partial charge < -0.3 is 5.11 Å². The Morgan fingerprint density at radius 3 is 2.15 bits per heavy atom. The molecule has 0 saturated heterocycles. The molecule has 2 rings (SSSR count). The molecule has 1 aliphatic rings. The van der Waals surface area contributed by atoms with Crippen molar-refractivity contribution in [3.63, 3.8) is 0 Å². The van der Waals surface area contributed by atoms with E-state index in [-0.39, 0.29) is 6.61 Å². The lowest BCUT2D eigenvalue weighted by Gasteiger charge is -2.40. The molecule has 1 fully saturated rings. The third-order valence-electron chi connectivity index (χ3n) is 5.69. The number of aliphatic hydroxyl groups is 1. The third kappa shape index (κ3) is 3.09. The Labute approximate surface area is 124 Å². The van der Waals surface area contributed by atoms with Crippen LogP contribution >= 0.6 is 0 Å². The van der Waals surface area contributed by atoms with Crippen molar-refractivity contribution in [2.75, 3.05) is 0 Å². The summed E-state index contributed by atoms with van der Waals surface area (Å²) in [7, 11) is 0. The number of rotatable bonds is 4. The summed E-state index contributed by atoms with van der Waals surface area (Å²) in [6.45, 7) is 9.23. The van der Waals surface area contributed by atoms with E-state index in [1.807, 2.05) is 0 Å². The molecular formula is C19H30O. The van der Waals surface area contributed by atoms with Gasteiger partial charge in [0, 0.05) is 0 Å². The highest BCUT2D eigenvalue weighted by Gasteiger charge is 2.33. The molecule has 1 nitrogen and oxygen atoms in total. The normalized spacial score (nSPS) is 26.8. The second-order valence-corrected chi connectivity index (χ2v) is 7.03. The van der Waals surface area contributed by atoms with E-state index in [1.54, 1.807) is 0 Å². The Bertz CT molecular complexity index is 453. The van der Waals surface area contributed by atoms with Gasteiger partial charge in [0.25, 0.3) is 0 Å². The van der Waals surface area contributed by atoms with Crippen LogP contribution in [0.3, 0.4) is 0 Å². The first-order valence-electron chi connectivity index (χ1n) is 8.20.